The largest absolute Gasteiger partial charge is 0.461 e. The van der Waals surface area contributed by atoms with Crippen LogP contribution in [0.1, 0.15) is 74.8 Å². The summed E-state index contributed by atoms with van der Waals surface area (Å²) in [5, 5.41) is 24.2. The zero-order chi connectivity index (χ0) is 55.3. The number of nitrogens with two attached hydrogens (primary N) is 1. The number of carbonyl (C=O) groups is 3. The van der Waals surface area contributed by atoms with Gasteiger partial charge in [0.05, 0.1) is 55.9 Å². The zero-order valence-corrected chi connectivity index (χ0v) is 44.8. The van der Waals surface area contributed by atoms with Crippen molar-refractivity contribution in [3.63, 3.8) is 0 Å². The van der Waals surface area contributed by atoms with E-state index < -0.39 is 29.8 Å². The molecule has 4 N–H and O–H groups in total. The molecular weight excluding hydrogens is 1050 g/mol. The summed E-state index contributed by atoms with van der Waals surface area (Å²) in [6.45, 7) is 13.9. The van der Waals surface area contributed by atoms with Crippen LogP contribution >= 0.6 is 22.9 Å². The Labute approximate surface area is 455 Å². The molecule has 7 aromatic rings. The number of cyclic esters (lactones) is 1. The number of ether oxygens (including phenoxy) is 3. The molecule has 404 valence electrons. The highest BCUT2D eigenvalue weighted by molar-refractivity contribution is 7.23. The van der Waals surface area contributed by atoms with Crippen molar-refractivity contribution in [2.24, 2.45) is 0 Å². The molecule has 0 aliphatic carbocycles. The Morgan fingerprint density at radius 1 is 1.08 bits per heavy atom. The number of amides is 2. The van der Waals surface area contributed by atoms with Gasteiger partial charge in [-0.15, -0.1) is 11.3 Å². The molecule has 3 fully saturated rings. The van der Waals surface area contributed by atoms with Gasteiger partial charge >= 0.3 is 12.0 Å². The lowest BCUT2D eigenvalue weighted by Crippen LogP contribution is -2.50. The Morgan fingerprint density at radius 2 is 1.82 bits per heavy atom. The number of nitrogens with one attached hydrogen (secondary N) is 1. The van der Waals surface area contributed by atoms with Gasteiger partial charge in [-0.05, 0) is 93.7 Å². The lowest BCUT2D eigenvalue weighted by molar-refractivity contribution is -0.157. The average molecular weight is 1100 g/mol. The van der Waals surface area contributed by atoms with Gasteiger partial charge in [0, 0.05) is 77.4 Å². The fraction of sp³-hybridized carbons (Fsp3) is 0.357. The van der Waals surface area contributed by atoms with E-state index in [0.717, 1.165) is 61.1 Å². The van der Waals surface area contributed by atoms with Gasteiger partial charge in [-0.25, -0.2) is 18.6 Å². The first-order valence-corrected chi connectivity index (χ1v) is 26.8. The molecule has 5 aliphatic rings. The third-order valence-corrected chi connectivity index (χ3v) is 16.6. The van der Waals surface area contributed by atoms with E-state index in [2.05, 4.69) is 26.8 Å². The van der Waals surface area contributed by atoms with Crippen LogP contribution in [0.4, 0.5) is 25.3 Å². The van der Waals surface area contributed by atoms with Gasteiger partial charge in [-0.1, -0.05) is 38.1 Å². The van der Waals surface area contributed by atoms with Gasteiger partial charge in [-0.2, -0.15) is 15.2 Å². The SMILES string of the molecule is C=C(C(=O)N1CCN(c2nc(OCC34CCCN3CCC4)nc3c(F)c(-c4ccc(F)c5sc(N)c(C#N)c45)c(Cl)cc23)CC1)C(C)OC.CC.O=CNc1ccc2nc3c(cc2c1)Cn1c-3cc2c(c1=O)COC(=O)C2O. The van der Waals surface area contributed by atoms with Crippen molar-refractivity contribution < 1.29 is 42.5 Å². The summed E-state index contributed by atoms with van der Waals surface area (Å²) in [6, 6.07) is 15.2. The second kappa shape index (κ2) is 21.7. The van der Waals surface area contributed by atoms with E-state index in [0.29, 0.717) is 90.7 Å². The van der Waals surface area contributed by atoms with E-state index in [1.807, 2.05) is 36.9 Å². The molecule has 2 amide bonds. The molecule has 2 unspecified atom stereocenters. The summed E-state index contributed by atoms with van der Waals surface area (Å²) in [4.78, 5) is 68.5. The summed E-state index contributed by atoms with van der Waals surface area (Å²) in [6.07, 6.45) is 2.93. The van der Waals surface area contributed by atoms with Gasteiger partial charge in [0.2, 0.25) is 6.41 Å². The van der Waals surface area contributed by atoms with Crippen LogP contribution in [0.25, 0.3) is 54.4 Å². The number of aliphatic hydroxyl groups is 1. The number of nitriles is 1. The van der Waals surface area contributed by atoms with Crippen molar-refractivity contribution in [1.29, 1.82) is 5.26 Å². The molecule has 12 rings (SSSR count). The number of aliphatic hydroxyl groups excluding tert-OH is 1. The maximum Gasteiger partial charge on any atom is 0.340 e. The molecule has 0 spiro atoms. The Bertz CT molecular complexity index is 3720. The van der Waals surface area contributed by atoms with Crippen LogP contribution < -0.4 is 26.2 Å². The number of carbonyl (C=O) groups excluding carboxylic acids is 3. The summed E-state index contributed by atoms with van der Waals surface area (Å²) >= 11 is 7.78. The standard InChI is InChI=1S/C35H36ClF2N7O3S.C19H13N3O5.C2H6/c1-19(20(2)47-3)33(46)44-14-12-43(13-15-44)32-22-16-24(36)27(21-6-7-25(37)30-26(21)23(17-39)31(40)49-30)28(38)29(22)41-34(42-32)48-18-35-8-4-10-45(35)11-5-9-35;23-8-20-11-1-2-14-9(4-11)3-10-6-22-15(16(10)21-14)5-12-13(18(22)25)7-27-19(26)17(12)24;1-2/h6-7,16,20H,1,4-5,8-15,18,40H2,2-3H3;1-5,8,17,24H,6-7H2,(H,20,23);1-2H3. The fourth-order valence-electron chi connectivity index (χ4n) is 11.2. The molecule has 5 aliphatic heterocycles. The molecule has 22 heteroatoms. The van der Waals surface area contributed by atoms with E-state index in [1.165, 1.54) is 19.2 Å². The van der Waals surface area contributed by atoms with E-state index in [4.69, 9.17) is 36.5 Å². The van der Waals surface area contributed by atoms with Crippen LogP contribution in [-0.4, -0.2) is 117 Å². The smallest absolute Gasteiger partial charge is 0.340 e. The van der Waals surface area contributed by atoms with Crippen LogP contribution in [-0.2, 0) is 37.0 Å². The number of methoxy groups -OCH3 is 1. The quantitative estimate of drug-likeness (QED) is 0.0665. The number of thiophene rings is 1. The van der Waals surface area contributed by atoms with E-state index >= 15 is 4.39 Å². The Balaban J connectivity index is 0.000000199. The van der Waals surface area contributed by atoms with Crippen molar-refractivity contribution >= 4 is 89.6 Å². The highest BCUT2D eigenvalue weighted by Crippen LogP contribution is 2.46. The van der Waals surface area contributed by atoms with E-state index in [1.54, 1.807) is 40.7 Å². The van der Waals surface area contributed by atoms with Gasteiger partial charge in [0.1, 0.15) is 41.4 Å². The van der Waals surface area contributed by atoms with Crippen molar-refractivity contribution in [3.8, 4) is 34.6 Å². The number of nitrogen functional groups attached to an aromatic ring is 1. The third kappa shape index (κ3) is 9.34. The Kier molecular flexibility index (Phi) is 14.9. The van der Waals surface area contributed by atoms with E-state index in [-0.39, 0.29) is 77.5 Å². The van der Waals surface area contributed by atoms with Crippen LogP contribution in [0.2, 0.25) is 5.02 Å². The number of nitrogens with zero attached hydrogens (tertiary/aromatic N) is 8. The Hall–Kier alpha value is -7.61. The van der Waals surface area contributed by atoms with Gasteiger partial charge in [0.25, 0.3) is 11.5 Å². The predicted octanol–water partition coefficient (Wildman–Crippen LogP) is 8.25. The maximum atomic E-state index is 17.0. The average Bonchev–Trinajstić information content (AvgIpc) is 4.40. The lowest BCUT2D eigenvalue weighted by Gasteiger charge is -2.36. The molecule has 0 radical (unpaired) electrons. The second-order valence-corrected chi connectivity index (χ2v) is 20.9. The number of halogens is 3. The summed E-state index contributed by atoms with van der Waals surface area (Å²) in [7, 11) is 1.53. The molecule has 3 saturated heterocycles. The number of rotatable bonds is 10. The molecule has 78 heavy (non-hydrogen) atoms. The molecule has 4 aromatic heterocycles. The van der Waals surface area contributed by atoms with Crippen molar-refractivity contribution in [3.05, 3.63) is 110 Å². The number of esters is 1. The lowest BCUT2D eigenvalue weighted by atomic mass is 9.95. The number of pyridine rings is 2. The van der Waals surface area contributed by atoms with E-state index in [9.17, 15) is 33.9 Å². The monoisotopic (exact) mass is 1100 g/mol. The number of hydrogen-bond donors (Lipinski definition) is 3. The summed E-state index contributed by atoms with van der Waals surface area (Å²) < 4.78 is 50.1. The number of aromatic nitrogens is 4. The first-order valence-electron chi connectivity index (χ1n) is 25.6. The van der Waals surface area contributed by atoms with Crippen LogP contribution in [0.15, 0.2) is 65.5 Å². The molecule has 0 bridgehead atoms. The molecular formula is C56H55ClF2N10O8S. The highest BCUT2D eigenvalue weighted by Gasteiger charge is 2.45. The minimum Gasteiger partial charge on any atom is -0.461 e. The van der Waals surface area contributed by atoms with Crippen molar-refractivity contribution in [2.75, 3.05) is 68.9 Å². The number of piperazine rings is 1. The highest BCUT2D eigenvalue weighted by atomic mass is 35.5. The first-order chi connectivity index (χ1) is 37.6. The van der Waals surface area contributed by atoms with Gasteiger partial charge < -0.3 is 44.7 Å². The van der Waals surface area contributed by atoms with Crippen LogP contribution in [0.5, 0.6) is 6.01 Å². The van der Waals surface area contributed by atoms with Crippen molar-refractivity contribution in [1.82, 2.24) is 29.3 Å². The zero-order valence-electron chi connectivity index (χ0n) is 43.3. The predicted molar refractivity (Wildman–Crippen MR) is 293 cm³/mol. The first kappa shape index (κ1) is 53.8. The number of fused-ring (bicyclic) bond motifs is 8. The third-order valence-electron chi connectivity index (χ3n) is 15.3. The maximum absolute atomic E-state index is 17.0. The van der Waals surface area contributed by atoms with Crippen LogP contribution in [0, 0.1) is 23.0 Å². The van der Waals surface area contributed by atoms with Gasteiger partial charge in [-0.3, -0.25) is 19.3 Å². The molecule has 2 atom stereocenters. The topological polar surface area (TPSA) is 231 Å². The van der Waals surface area contributed by atoms with Gasteiger partial charge in [0.15, 0.2) is 11.9 Å². The minimum atomic E-state index is -1.46. The number of hydrogen-bond acceptors (Lipinski definition) is 16. The molecule has 18 nitrogen and oxygen atoms in total. The molecule has 9 heterocycles. The van der Waals surface area contributed by atoms with Crippen LogP contribution in [0.3, 0.4) is 0 Å². The normalized spacial score (nSPS) is 17.4. The molecule has 3 aromatic carbocycles. The summed E-state index contributed by atoms with van der Waals surface area (Å²) in [5.74, 6) is -1.83. The number of benzene rings is 3. The fourth-order valence-corrected chi connectivity index (χ4v) is 12.5. The van der Waals surface area contributed by atoms with Crippen molar-refractivity contribution in [2.45, 2.75) is 77.4 Å². The molecule has 0 saturated carbocycles. The number of anilines is 3. The minimum absolute atomic E-state index is 0.0217. The Morgan fingerprint density at radius 3 is 2.53 bits per heavy atom. The second-order valence-electron chi connectivity index (χ2n) is 19.4. The summed E-state index contributed by atoms with van der Waals surface area (Å²) in [5.41, 5.74) is 10.3.